The van der Waals surface area contributed by atoms with Crippen LogP contribution < -0.4 is 11.5 Å². The highest BCUT2D eigenvalue weighted by Gasteiger charge is 2.27. The number of nitriles is 1. The number of hydrogen-bond acceptors (Lipinski definition) is 6. The number of rotatable bonds is 6. The van der Waals surface area contributed by atoms with Crippen molar-refractivity contribution in [3.8, 4) is 6.07 Å². The Labute approximate surface area is 147 Å². The molecule has 0 atom stereocenters. The number of aromatic nitrogens is 2. The van der Waals surface area contributed by atoms with E-state index in [9.17, 15) is 0 Å². The van der Waals surface area contributed by atoms with Crippen LogP contribution in [0.4, 0.5) is 0 Å². The summed E-state index contributed by atoms with van der Waals surface area (Å²) in [5, 5.41) is 9.02. The Hall–Kier alpha value is -2.78. The minimum atomic E-state index is 0.358. The zero-order chi connectivity index (χ0) is 17.6. The number of aliphatic imine (C=N–C) groups is 1. The highest BCUT2D eigenvalue weighted by atomic mass is 14.8. The smallest absolute Gasteiger partial charge is 0.0992 e. The van der Waals surface area contributed by atoms with E-state index in [1.807, 2.05) is 0 Å². The standard InChI is InChI=1S/C19H22N6/c20-5-1-2-13-6-16(7-13)23-11-15(10-22)19-12-24-17-4-3-14(9-21)8-18(17)25-19/h3-4,8,10-13,16H,1-2,5-7,20,22H2. The molecule has 1 aromatic heterocycles. The molecular weight excluding hydrogens is 312 g/mol. The number of hydrogen-bond donors (Lipinski definition) is 2. The van der Waals surface area contributed by atoms with E-state index in [4.69, 9.17) is 16.7 Å². The largest absolute Gasteiger partial charge is 0.404 e. The lowest BCUT2D eigenvalue weighted by molar-refractivity contribution is 0.249. The molecule has 3 rings (SSSR count). The summed E-state index contributed by atoms with van der Waals surface area (Å²) in [4.78, 5) is 13.6. The molecule has 4 N–H and O–H groups in total. The summed E-state index contributed by atoms with van der Waals surface area (Å²) in [7, 11) is 0. The normalized spacial score (nSPS) is 20.6. The molecule has 1 fully saturated rings. The highest BCUT2D eigenvalue weighted by molar-refractivity contribution is 6.09. The van der Waals surface area contributed by atoms with E-state index in [0.29, 0.717) is 22.8 Å². The molecule has 6 heteroatoms. The lowest BCUT2D eigenvalue weighted by Crippen LogP contribution is -2.27. The maximum Gasteiger partial charge on any atom is 0.0992 e. The monoisotopic (exact) mass is 334 g/mol. The predicted molar refractivity (Wildman–Crippen MR) is 99.7 cm³/mol. The van der Waals surface area contributed by atoms with Crippen molar-refractivity contribution < 1.29 is 0 Å². The maximum atomic E-state index is 9.02. The second-order valence-corrected chi connectivity index (χ2v) is 6.39. The first-order valence-electron chi connectivity index (χ1n) is 8.56. The van der Waals surface area contributed by atoms with Gasteiger partial charge in [-0.05, 0) is 56.3 Å². The van der Waals surface area contributed by atoms with Gasteiger partial charge in [-0.3, -0.25) is 9.98 Å². The molecule has 0 radical (unpaired) electrons. The number of nitrogens with two attached hydrogens (primary N) is 2. The maximum absolute atomic E-state index is 9.02. The van der Waals surface area contributed by atoms with Crippen LogP contribution in [0, 0.1) is 17.2 Å². The molecular formula is C19H22N6. The molecule has 25 heavy (non-hydrogen) atoms. The third kappa shape index (κ3) is 4.01. The summed E-state index contributed by atoms with van der Waals surface area (Å²) in [6, 6.07) is 7.72. The van der Waals surface area contributed by atoms with E-state index in [1.54, 1.807) is 30.6 Å². The van der Waals surface area contributed by atoms with Crippen molar-refractivity contribution in [1.29, 1.82) is 5.26 Å². The molecule has 0 amide bonds. The van der Waals surface area contributed by atoms with E-state index < -0.39 is 0 Å². The summed E-state index contributed by atoms with van der Waals surface area (Å²) in [6.07, 6.45) is 9.48. The zero-order valence-corrected chi connectivity index (χ0v) is 14.1. The first kappa shape index (κ1) is 17.1. The van der Waals surface area contributed by atoms with Crippen LogP contribution in [0.1, 0.15) is 36.9 Å². The van der Waals surface area contributed by atoms with Gasteiger partial charge in [0, 0.05) is 18.0 Å². The molecule has 1 aliphatic carbocycles. The van der Waals surface area contributed by atoms with Crippen molar-refractivity contribution in [1.82, 2.24) is 9.97 Å². The van der Waals surface area contributed by atoms with Gasteiger partial charge in [-0.25, -0.2) is 4.98 Å². The van der Waals surface area contributed by atoms with Crippen LogP contribution >= 0.6 is 0 Å². The summed E-state index contributed by atoms with van der Waals surface area (Å²) in [5.74, 6) is 0.751. The number of nitrogens with zero attached hydrogens (tertiary/aromatic N) is 4. The van der Waals surface area contributed by atoms with Gasteiger partial charge < -0.3 is 11.5 Å². The first-order valence-corrected chi connectivity index (χ1v) is 8.56. The van der Waals surface area contributed by atoms with Gasteiger partial charge in [0.25, 0.3) is 0 Å². The van der Waals surface area contributed by atoms with Gasteiger partial charge >= 0.3 is 0 Å². The summed E-state index contributed by atoms with van der Waals surface area (Å²) in [6.45, 7) is 0.763. The second kappa shape index (κ2) is 7.86. The Morgan fingerprint density at radius 3 is 2.92 bits per heavy atom. The zero-order valence-electron chi connectivity index (χ0n) is 14.1. The summed E-state index contributed by atoms with van der Waals surface area (Å²) < 4.78 is 0. The number of benzene rings is 1. The van der Waals surface area contributed by atoms with Crippen LogP contribution in [0.15, 0.2) is 35.6 Å². The molecule has 1 heterocycles. The van der Waals surface area contributed by atoms with Crippen molar-refractivity contribution in [2.24, 2.45) is 22.4 Å². The Balaban J connectivity index is 1.70. The Morgan fingerprint density at radius 2 is 2.20 bits per heavy atom. The number of fused-ring (bicyclic) bond motifs is 1. The first-order chi connectivity index (χ1) is 12.2. The van der Waals surface area contributed by atoms with Crippen LogP contribution in [0.3, 0.4) is 0 Å². The van der Waals surface area contributed by atoms with Crippen LogP contribution in [-0.4, -0.2) is 28.8 Å². The third-order valence-electron chi connectivity index (χ3n) is 4.60. The van der Waals surface area contributed by atoms with Crippen molar-refractivity contribution in [2.75, 3.05) is 6.54 Å². The topological polar surface area (TPSA) is 114 Å². The van der Waals surface area contributed by atoms with Crippen molar-refractivity contribution in [3.05, 3.63) is 41.9 Å². The van der Waals surface area contributed by atoms with Gasteiger partial charge in [0.15, 0.2) is 0 Å². The van der Waals surface area contributed by atoms with Gasteiger partial charge in [-0.15, -0.1) is 0 Å². The molecule has 1 aromatic carbocycles. The minimum absolute atomic E-state index is 0.358. The fourth-order valence-corrected chi connectivity index (χ4v) is 3.06. The molecule has 1 aliphatic rings. The van der Waals surface area contributed by atoms with Crippen molar-refractivity contribution in [2.45, 2.75) is 31.7 Å². The van der Waals surface area contributed by atoms with E-state index in [0.717, 1.165) is 42.8 Å². The van der Waals surface area contributed by atoms with Gasteiger partial charge in [-0.1, -0.05) is 0 Å². The van der Waals surface area contributed by atoms with Crippen molar-refractivity contribution in [3.63, 3.8) is 0 Å². The molecule has 0 aliphatic heterocycles. The molecule has 0 unspecified atom stereocenters. The van der Waals surface area contributed by atoms with E-state index in [1.165, 1.54) is 12.6 Å². The molecule has 1 saturated carbocycles. The predicted octanol–water partition coefficient (Wildman–Crippen LogP) is 2.39. The molecule has 128 valence electrons. The second-order valence-electron chi connectivity index (χ2n) is 6.39. The van der Waals surface area contributed by atoms with Crippen molar-refractivity contribution >= 4 is 22.8 Å². The Bertz CT molecular complexity index is 843. The van der Waals surface area contributed by atoms with Crippen LogP contribution in [-0.2, 0) is 0 Å². The Morgan fingerprint density at radius 1 is 1.36 bits per heavy atom. The van der Waals surface area contributed by atoms with E-state index in [2.05, 4.69) is 21.0 Å². The van der Waals surface area contributed by atoms with Gasteiger partial charge in [-0.2, -0.15) is 5.26 Å². The SMILES string of the molecule is N#Cc1ccc2ncc(C(C=NC3CC(CCCN)C3)=CN)nc2c1. The fraction of sp³-hybridized carbons (Fsp3) is 0.368. The average Bonchev–Trinajstić information content (AvgIpc) is 2.62. The quantitative estimate of drug-likeness (QED) is 0.787. The third-order valence-corrected chi connectivity index (χ3v) is 4.60. The van der Waals surface area contributed by atoms with Gasteiger partial charge in [0.1, 0.15) is 0 Å². The lowest BCUT2D eigenvalue weighted by atomic mass is 9.78. The van der Waals surface area contributed by atoms with Crippen LogP contribution in [0.5, 0.6) is 0 Å². The summed E-state index contributed by atoms with van der Waals surface area (Å²) >= 11 is 0. The van der Waals surface area contributed by atoms with Gasteiger partial charge in [0.2, 0.25) is 0 Å². The molecule has 0 spiro atoms. The van der Waals surface area contributed by atoms with Crippen LogP contribution in [0.25, 0.3) is 16.6 Å². The average molecular weight is 334 g/mol. The van der Waals surface area contributed by atoms with E-state index >= 15 is 0 Å². The van der Waals surface area contributed by atoms with Gasteiger partial charge in [0.05, 0.1) is 40.6 Å². The number of allylic oxidation sites excluding steroid dienone is 1. The summed E-state index contributed by atoms with van der Waals surface area (Å²) in [5.41, 5.74) is 14.7. The van der Waals surface area contributed by atoms with Crippen LogP contribution in [0.2, 0.25) is 0 Å². The van der Waals surface area contributed by atoms with E-state index in [-0.39, 0.29) is 0 Å². The highest BCUT2D eigenvalue weighted by Crippen LogP contribution is 2.33. The lowest BCUT2D eigenvalue weighted by Gasteiger charge is -2.32. The molecule has 6 nitrogen and oxygen atoms in total. The molecule has 2 aromatic rings. The molecule has 0 bridgehead atoms. The minimum Gasteiger partial charge on any atom is -0.404 e. The Kier molecular flexibility index (Phi) is 5.36. The molecule has 0 saturated heterocycles. The fourth-order valence-electron chi connectivity index (χ4n) is 3.06.